The molecule has 0 fully saturated rings. The molecule has 0 heterocycles. The van der Waals surface area contributed by atoms with E-state index >= 15 is 0 Å². The SMILES string of the molecule is CCCCCN(CCCC)C(CCCC)=NCCCC. The van der Waals surface area contributed by atoms with Crippen LogP contribution < -0.4 is 0 Å². The summed E-state index contributed by atoms with van der Waals surface area (Å²) in [6.45, 7) is 12.5. The van der Waals surface area contributed by atoms with Crippen molar-refractivity contribution >= 4 is 5.84 Å². The standard InChI is InChI=1S/C18H38N2/c1-5-9-13-17-20(16-12-8-4)18(14-10-6-2)19-15-11-7-3/h5-17H2,1-4H3. The molecule has 0 saturated carbocycles. The smallest absolute Gasteiger partial charge is 0.0988 e. The average Bonchev–Trinajstić information content (AvgIpc) is 2.47. The van der Waals surface area contributed by atoms with Crippen molar-refractivity contribution < 1.29 is 0 Å². The Labute approximate surface area is 128 Å². The third-order valence-electron chi connectivity index (χ3n) is 3.74. The zero-order valence-corrected chi connectivity index (χ0v) is 14.6. The lowest BCUT2D eigenvalue weighted by molar-refractivity contribution is 0.384. The molecule has 0 amide bonds. The lowest BCUT2D eigenvalue weighted by Crippen LogP contribution is -2.33. The van der Waals surface area contributed by atoms with Gasteiger partial charge in [0.2, 0.25) is 0 Å². The van der Waals surface area contributed by atoms with Crippen LogP contribution in [-0.4, -0.2) is 30.4 Å². The van der Waals surface area contributed by atoms with Gasteiger partial charge in [-0.1, -0.05) is 59.8 Å². The third kappa shape index (κ3) is 10.3. The zero-order chi connectivity index (χ0) is 15.1. The Bertz CT molecular complexity index is 223. The van der Waals surface area contributed by atoms with Crippen molar-refractivity contribution in [2.45, 2.75) is 91.9 Å². The Morgan fingerprint density at radius 1 is 0.700 bits per heavy atom. The minimum atomic E-state index is 1.02. The van der Waals surface area contributed by atoms with Crippen LogP contribution in [0.15, 0.2) is 4.99 Å². The van der Waals surface area contributed by atoms with Crippen molar-refractivity contribution in [3.05, 3.63) is 0 Å². The molecule has 2 nitrogen and oxygen atoms in total. The highest BCUT2D eigenvalue weighted by atomic mass is 15.2. The first kappa shape index (κ1) is 19.5. The molecule has 0 radical (unpaired) electrons. The zero-order valence-electron chi connectivity index (χ0n) is 14.6. The maximum Gasteiger partial charge on any atom is 0.0988 e. The quantitative estimate of drug-likeness (QED) is 0.241. The van der Waals surface area contributed by atoms with Gasteiger partial charge in [0.15, 0.2) is 0 Å². The lowest BCUT2D eigenvalue weighted by atomic mass is 10.2. The van der Waals surface area contributed by atoms with Crippen LogP contribution in [0.1, 0.15) is 91.9 Å². The molecular formula is C18H38N2. The summed E-state index contributed by atoms with van der Waals surface area (Å²) in [4.78, 5) is 7.51. The number of rotatable bonds is 13. The molecule has 0 aromatic carbocycles. The van der Waals surface area contributed by atoms with E-state index < -0.39 is 0 Å². The molecule has 0 atom stereocenters. The van der Waals surface area contributed by atoms with Crippen molar-refractivity contribution in [2.75, 3.05) is 19.6 Å². The molecule has 2 heteroatoms. The van der Waals surface area contributed by atoms with Crippen LogP contribution in [0.25, 0.3) is 0 Å². The number of unbranched alkanes of at least 4 members (excludes halogenated alkanes) is 5. The molecule has 0 spiro atoms. The first-order chi connectivity index (χ1) is 9.79. The summed E-state index contributed by atoms with van der Waals surface area (Å²) < 4.78 is 0. The molecule has 0 aliphatic heterocycles. The predicted molar refractivity (Wildman–Crippen MR) is 92.7 cm³/mol. The fourth-order valence-corrected chi connectivity index (χ4v) is 2.31. The summed E-state index contributed by atoms with van der Waals surface area (Å²) >= 11 is 0. The molecule has 0 aromatic rings. The van der Waals surface area contributed by atoms with E-state index in [2.05, 4.69) is 32.6 Å². The molecular weight excluding hydrogens is 244 g/mol. The molecule has 0 unspecified atom stereocenters. The first-order valence-corrected chi connectivity index (χ1v) is 9.08. The van der Waals surface area contributed by atoms with Crippen LogP contribution in [0, 0.1) is 0 Å². The topological polar surface area (TPSA) is 15.6 Å². The summed E-state index contributed by atoms with van der Waals surface area (Å²) in [6, 6.07) is 0. The number of nitrogens with zero attached hydrogens (tertiary/aromatic N) is 2. The number of aliphatic imine (C=N–C) groups is 1. The Kier molecular flexibility index (Phi) is 14.5. The van der Waals surface area contributed by atoms with E-state index in [4.69, 9.17) is 4.99 Å². The van der Waals surface area contributed by atoms with E-state index in [1.54, 1.807) is 0 Å². The normalized spacial score (nSPS) is 11.9. The van der Waals surface area contributed by atoms with Gasteiger partial charge in [-0.25, -0.2) is 0 Å². The fraction of sp³-hybridized carbons (Fsp3) is 0.944. The molecule has 0 aliphatic carbocycles. The van der Waals surface area contributed by atoms with E-state index in [1.165, 1.54) is 83.1 Å². The summed E-state index contributed by atoms with van der Waals surface area (Å²) in [5, 5.41) is 0. The Morgan fingerprint density at radius 3 is 1.90 bits per heavy atom. The van der Waals surface area contributed by atoms with Crippen molar-refractivity contribution in [3.63, 3.8) is 0 Å². The van der Waals surface area contributed by atoms with E-state index in [-0.39, 0.29) is 0 Å². The fourth-order valence-electron chi connectivity index (χ4n) is 2.31. The summed E-state index contributed by atoms with van der Waals surface area (Å²) in [6.07, 6.45) is 12.7. The molecule has 0 N–H and O–H groups in total. The average molecular weight is 283 g/mol. The number of hydrogen-bond acceptors (Lipinski definition) is 1. The van der Waals surface area contributed by atoms with Crippen LogP contribution in [-0.2, 0) is 0 Å². The molecule has 0 saturated heterocycles. The van der Waals surface area contributed by atoms with Gasteiger partial charge in [-0.2, -0.15) is 0 Å². The van der Waals surface area contributed by atoms with Crippen LogP contribution in [0.4, 0.5) is 0 Å². The minimum Gasteiger partial charge on any atom is -0.360 e. The van der Waals surface area contributed by atoms with Gasteiger partial charge in [-0.3, -0.25) is 4.99 Å². The van der Waals surface area contributed by atoms with Gasteiger partial charge in [-0.05, 0) is 25.7 Å². The van der Waals surface area contributed by atoms with Crippen molar-refractivity contribution in [2.24, 2.45) is 4.99 Å². The summed E-state index contributed by atoms with van der Waals surface area (Å²) in [5.41, 5.74) is 0. The first-order valence-electron chi connectivity index (χ1n) is 9.08. The Balaban J connectivity index is 4.53. The van der Waals surface area contributed by atoms with Crippen molar-refractivity contribution in [1.82, 2.24) is 4.90 Å². The van der Waals surface area contributed by atoms with Crippen LogP contribution in [0.3, 0.4) is 0 Å². The van der Waals surface area contributed by atoms with E-state index in [9.17, 15) is 0 Å². The van der Waals surface area contributed by atoms with Gasteiger partial charge >= 0.3 is 0 Å². The summed E-state index contributed by atoms with van der Waals surface area (Å²) in [5.74, 6) is 1.39. The second kappa shape index (κ2) is 14.9. The van der Waals surface area contributed by atoms with Crippen LogP contribution in [0.2, 0.25) is 0 Å². The Hall–Kier alpha value is -0.530. The summed E-state index contributed by atoms with van der Waals surface area (Å²) in [7, 11) is 0. The Morgan fingerprint density at radius 2 is 1.30 bits per heavy atom. The van der Waals surface area contributed by atoms with E-state index in [1.807, 2.05) is 0 Å². The highest BCUT2D eigenvalue weighted by molar-refractivity contribution is 5.82. The van der Waals surface area contributed by atoms with Gasteiger partial charge in [0.1, 0.15) is 0 Å². The maximum atomic E-state index is 4.93. The second-order valence-corrected chi connectivity index (χ2v) is 5.80. The highest BCUT2D eigenvalue weighted by Crippen LogP contribution is 2.08. The molecule has 0 rings (SSSR count). The van der Waals surface area contributed by atoms with Crippen molar-refractivity contribution in [3.8, 4) is 0 Å². The van der Waals surface area contributed by atoms with Crippen LogP contribution in [0.5, 0.6) is 0 Å². The van der Waals surface area contributed by atoms with Gasteiger partial charge < -0.3 is 4.90 Å². The van der Waals surface area contributed by atoms with Gasteiger partial charge in [-0.15, -0.1) is 0 Å². The molecule has 0 aliphatic rings. The predicted octanol–water partition coefficient (Wildman–Crippen LogP) is 5.67. The van der Waals surface area contributed by atoms with E-state index in [0.717, 1.165) is 6.54 Å². The maximum absolute atomic E-state index is 4.93. The van der Waals surface area contributed by atoms with Crippen molar-refractivity contribution in [1.29, 1.82) is 0 Å². The van der Waals surface area contributed by atoms with Crippen LogP contribution >= 0.6 is 0 Å². The molecule has 120 valence electrons. The van der Waals surface area contributed by atoms with E-state index in [0.29, 0.717) is 0 Å². The molecule has 0 bridgehead atoms. The third-order valence-corrected chi connectivity index (χ3v) is 3.74. The lowest BCUT2D eigenvalue weighted by Gasteiger charge is -2.26. The second-order valence-electron chi connectivity index (χ2n) is 5.80. The van der Waals surface area contributed by atoms with Gasteiger partial charge in [0.25, 0.3) is 0 Å². The highest BCUT2D eigenvalue weighted by Gasteiger charge is 2.10. The number of amidine groups is 1. The minimum absolute atomic E-state index is 1.02. The molecule has 0 aromatic heterocycles. The molecule has 20 heavy (non-hydrogen) atoms. The van der Waals surface area contributed by atoms with Gasteiger partial charge in [0.05, 0.1) is 5.84 Å². The number of hydrogen-bond donors (Lipinski definition) is 0. The van der Waals surface area contributed by atoms with Gasteiger partial charge in [0, 0.05) is 26.1 Å². The monoisotopic (exact) mass is 282 g/mol. The largest absolute Gasteiger partial charge is 0.360 e.